The molecule has 0 N–H and O–H groups in total. The number of nitrogens with zero attached hydrogens (tertiary/aromatic N) is 2. The van der Waals surface area contributed by atoms with E-state index in [-0.39, 0.29) is 5.91 Å². The number of hydrogen-bond acceptors (Lipinski definition) is 2. The summed E-state index contributed by atoms with van der Waals surface area (Å²) in [6.07, 6.45) is 9.15. The minimum Gasteiger partial charge on any atom is -0.338 e. The van der Waals surface area contributed by atoms with Crippen molar-refractivity contribution in [2.24, 2.45) is 5.92 Å². The topological polar surface area (TPSA) is 44.1 Å². The molecule has 0 aliphatic carbocycles. The lowest BCUT2D eigenvalue weighted by molar-refractivity contribution is -0.125. The second kappa shape index (κ2) is 8.58. The quantitative estimate of drug-likeness (QED) is 0.420. The van der Waals surface area contributed by atoms with Crippen LogP contribution in [0.3, 0.4) is 0 Å². The molecular formula is C17H26N2O. The number of allylic oxidation sites excluding steroid dienone is 3. The van der Waals surface area contributed by atoms with Crippen LogP contribution in [0.25, 0.3) is 0 Å². The van der Waals surface area contributed by atoms with Crippen molar-refractivity contribution in [2.75, 3.05) is 13.1 Å². The zero-order valence-electron chi connectivity index (χ0n) is 13.0. The van der Waals surface area contributed by atoms with Crippen molar-refractivity contribution < 1.29 is 4.79 Å². The number of amides is 1. The Kier molecular flexibility index (Phi) is 7.08. The lowest BCUT2D eigenvalue weighted by Crippen LogP contribution is -2.28. The number of likely N-dealkylation sites (tertiary alicyclic amines) is 1. The molecule has 0 aromatic heterocycles. The van der Waals surface area contributed by atoms with Crippen LogP contribution in [0.2, 0.25) is 0 Å². The molecule has 1 atom stereocenters. The van der Waals surface area contributed by atoms with Crippen molar-refractivity contribution in [1.82, 2.24) is 4.90 Å². The van der Waals surface area contributed by atoms with Crippen LogP contribution in [0.5, 0.6) is 0 Å². The molecule has 1 unspecified atom stereocenters. The van der Waals surface area contributed by atoms with Gasteiger partial charge in [0.2, 0.25) is 0 Å². The van der Waals surface area contributed by atoms with E-state index < -0.39 is 0 Å². The molecule has 1 heterocycles. The fraction of sp³-hybridized carbons (Fsp3) is 0.647. The smallest absolute Gasteiger partial charge is 0.264 e. The number of carbonyl (C=O) groups excluding carboxylic acids is 1. The van der Waals surface area contributed by atoms with Crippen molar-refractivity contribution in [3.05, 3.63) is 23.3 Å². The molecule has 1 aliphatic rings. The van der Waals surface area contributed by atoms with Crippen LogP contribution >= 0.6 is 0 Å². The highest BCUT2D eigenvalue weighted by Crippen LogP contribution is 2.16. The number of nitriles is 1. The van der Waals surface area contributed by atoms with Crippen LogP contribution in [0.15, 0.2) is 23.3 Å². The molecule has 110 valence electrons. The molecule has 3 nitrogen and oxygen atoms in total. The summed E-state index contributed by atoms with van der Waals surface area (Å²) in [5.41, 5.74) is 1.66. The highest BCUT2D eigenvalue weighted by atomic mass is 16.2. The van der Waals surface area contributed by atoms with Crippen LogP contribution in [0.4, 0.5) is 0 Å². The number of carbonyl (C=O) groups is 1. The Morgan fingerprint density at radius 3 is 2.50 bits per heavy atom. The van der Waals surface area contributed by atoms with Crippen LogP contribution in [-0.4, -0.2) is 23.9 Å². The predicted molar refractivity (Wildman–Crippen MR) is 82.0 cm³/mol. The fourth-order valence-corrected chi connectivity index (χ4v) is 2.36. The SMILES string of the molecule is CC(C)=CCCC(C)C/C=C(\C#N)C(=O)N1CCCC1. The van der Waals surface area contributed by atoms with Crippen molar-refractivity contribution in [2.45, 2.75) is 52.9 Å². The van der Waals surface area contributed by atoms with Crippen LogP contribution in [-0.2, 0) is 4.79 Å². The Morgan fingerprint density at radius 1 is 1.30 bits per heavy atom. The lowest BCUT2D eigenvalue weighted by atomic mass is 9.99. The molecule has 1 aliphatic heterocycles. The molecule has 0 aromatic rings. The monoisotopic (exact) mass is 274 g/mol. The summed E-state index contributed by atoms with van der Waals surface area (Å²) < 4.78 is 0. The van der Waals surface area contributed by atoms with E-state index in [1.54, 1.807) is 4.90 Å². The van der Waals surface area contributed by atoms with Crippen molar-refractivity contribution >= 4 is 5.91 Å². The Balaban J connectivity index is 2.46. The number of rotatable bonds is 6. The minimum absolute atomic E-state index is 0.0819. The second-order valence-electron chi connectivity index (χ2n) is 5.93. The Labute approximate surface area is 123 Å². The molecule has 0 radical (unpaired) electrons. The molecule has 1 fully saturated rings. The van der Waals surface area contributed by atoms with E-state index in [9.17, 15) is 4.79 Å². The Morgan fingerprint density at radius 2 is 1.95 bits per heavy atom. The van der Waals surface area contributed by atoms with Gasteiger partial charge in [0.25, 0.3) is 5.91 Å². The average molecular weight is 274 g/mol. The largest absolute Gasteiger partial charge is 0.338 e. The van der Waals surface area contributed by atoms with Crippen molar-refractivity contribution in [3.8, 4) is 6.07 Å². The Bertz CT molecular complexity index is 419. The molecule has 1 rings (SSSR count). The molecule has 0 spiro atoms. The standard InChI is InChI=1S/C17H26N2O/c1-14(2)7-6-8-15(3)9-10-16(13-18)17(20)19-11-4-5-12-19/h7,10,15H,4-6,8-9,11-12H2,1-3H3/b16-10+. The van der Waals surface area contributed by atoms with Crippen LogP contribution < -0.4 is 0 Å². The average Bonchev–Trinajstić information content (AvgIpc) is 2.92. The minimum atomic E-state index is -0.0819. The molecule has 0 saturated carbocycles. The van der Waals surface area contributed by atoms with Crippen LogP contribution in [0.1, 0.15) is 52.9 Å². The maximum absolute atomic E-state index is 12.1. The van der Waals surface area contributed by atoms with E-state index in [1.807, 2.05) is 6.08 Å². The molecule has 20 heavy (non-hydrogen) atoms. The van der Waals surface area contributed by atoms with E-state index in [4.69, 9.17) is 5.26 Å². The normalized spacial score (nSPS) is 16.7. The van der Waals surface area contributed by atoms with Gasteiger partial charge in [0, 0.05) is 13.1 Å². The first-order valence-corrected chi connectivity index (χ1v) is 7.57. The molecule has 3 heteroatoms. The van der Waals surface area contributed by atoms with E-state index in [0.717, 1.165) is 45.2 Å². The van der Waals surface area contributed by atoms with Gasteiger partial charge in [-0.2, -0.15) is 5.26 Å². The third-order valence-corrected chi connectivity index (χ3v) is 3.68. The second-order valence-corrected chi connectivity index (χ2v) is 5.93. The maximum atomic E-state index is 12.1. The molecule has 0 aromatic carbocycles. The summed E-state index contributed by atoms with van der Waals surface area (Å²) in [5, 5.41) is 9.14. The number of hydrogen-bond donors (Lipinski definition) is 0. The van der Waals surface area contributed by atoms with E-state index in [2.05, 4.69) is 32.9 Å². The first-order valence-electron chi connectivity index (χ1n) is 7.57. The lowest BCUT2D eigenvalue weighted by Gasteiger charge is -2.14. The zero-order chi connectivity index (χ0) is 15.0. The highest BCUT2D eigenvalue weighted by Gasteiger charge is 2.21. The fourth-order valence-electron chi connectivity index (χ4n) is 2.36. The van der Waals surface area contributed by atoms with Crippen molar-refractivity contribution in [3.63, 3.8) is 0 Å². The summed E-state index contributed by atoms with van der Waals surface area (Å²) in [5.74, 6) is 0.418. The van der Waals surface area contributed by atoms with E-state index in [0.29, 0.717) is 11.5 Å². The summed E-state index contributed by atoms with van der Waals surface area (Å²) in [6.45, 7) is 7.98. The highest BCUT2D eigenvalue weighted by molar-refractivity contribution is 5.97. The van der Waals surface area contributed by atoms with Gasteiger partial charge in [0.15, 0.2) is 0 Å². The molecular weight excluding hydrogens is 248 g/mol. The van der Waals surface area contributed by atoms with Gasteiger partial charge in [-0.15, -0.1) is 0 Å². The van der Waals surface area contributed by atoms with Gasteiger partial charge in [-0.1, -0.05) is 24.6 Å². The first-order chi connectivity index (χ1) is 9.54. The zero-order valence-corrected chi connectivity index (χ0v) is 13.0. The summed E-state index contributed by atoms with van der Waals surface area (Å²) in [7, 11) is 0. The predicted octanol–water partition coefficient (Wildman–Crippen LogP) is 3.83. The summed E-state index contributed by atoms with van der Waals surface area (Å²) >= 11 is 0. The van der Waals surface area contributed by atoms with Gasteiger partial charge in [0.05, 0.1) is 0 Å². The van der Waals surface area contributed by atoms with E-state index >= 15 is 0 Å². The third-order valence-electron chi connectivity index (χ3n) is 3.68. The maximum Gasteiger partial charge on any atom is 0.264 e. The van der Waals surface area contributed by atoms with Gasteiger partial charge in [-0.05, 0) is 51.9 Å². The van der Waals surface area contributed by atoms with Gasteiger partial charge in [0.1, 0.15) is 11.6 Å². The molecule has 0 bridgehead atoms. The summed E-state index contributed by atoms with van der Waals surface area (Å²) in [6, 6.07) is 2.07. The van der Waals surface area contributed by atoms with Crippen molar-refractivity contribution in [1.29, 1.82) is 5.26 Å². The third kappa shape index (κ3) is 5.61. The Hall–Kier alpha value is -1.56. The molecule has 1 amide bonds. The molecule has 1 saturated heterocycles. The van der Waals surface area contributed by atoms with Gasteiger partial charge < -0.3 is 4.90 Å². The first kappa shape index (κ1) is 16.5. The van der Waals surface area contributed by atoms with E-state index in [1.165, 1.54) is 5.57 Å². The van der Waals surface area contributed by atoms with Crippen LogP contribution in [0, 0.1) is 17.2 Å². The van der Waals surface area contributed by atoms with Gasteiger partial charge >= 0.3 is 0 Å². The summed E-state index contributed by atoms with van der Waals surface area (Å²) in [4.78, 5) is 13.9. The van der Waals surface area contributed by atoms with Gasteiger partial charge in [-0.25, -0.2) is 0 Å². The van der Waals surface area contributed by atoms with Gasteiger partial charge in [-0.3, -0.25) is 4.79 Å².